The number of nitro groups is 1. The van der Waals surface area contributed by atoms with Crippen molar-refractivity contribution in [1.29, 1.82) is 0 Å². The van der Waals surface area contributed by atoms with Gasteiger partial charge in [0.05, 0.1) is 30.3 Å². The molecule has 0 amide bonds. The van der Waals surface area contributed by atoms with Crippen molar-refractivity contribution in [2.45, 2.75) is 19.8 Å². The lowest BCUT2D eigenvalue weighted by molar-refractivity contribution is -0.384. The standard InChI is InChI=1S/C23H26N2O7/c1-15-8-10-24(11-9-15)19-7-4-16(12-20(19)25(28)29)23(27)32-14-21(26)18-6-5-17(30-2)13-22(18)31-3/h4-7,12-13,15H,8-11,14H2,1-3H3. The number of piperidine rings is 1. The Morgan fingerprint density at radius 1 is 1.09 bits per heavy atom. The normalized spacial score (nSPS) is 14.0. The van der Waals surface area contributed by atoms with Gasteiger partial charge in [0.25, 0.3) is 5.69 Å². The van der Waals surface area contributed by atoms with Crippen molar-refractivity contribution in [2.24, 2.45) is 5.92 Å². The van der Waals surface area contributed by atoms with Crippen molar-refractivity contribution in [3.63, 3.8) is 0 Å². The van der Waals surface area contributed by atoms with Crippen LogP contribution in [0.25, 0.3) is 0 Å². The fraction of sp³-hybridized carbons (Fsp3) is 0.391. The van der Waals surface area contributed by atoms with Crippen LogP contribution in [0.2, 0.25) is 0 Å². The molecule has 1 heterocycles. The largest absolute Gasteiger partial charge is 0.497 e. The van der Waals surface area contributed by atoms with Gasteiger partial charge in [-0.25, -0.2) is 4.79 Å². The summed E-state index contributed by atoms with van der Waals surface area (Å²) in [5.74, 6) is 0.118. The molecule has 0 unspecified atom stereocenters. The first kappa shape index (κ1) is 23.1. The number of ether oxygens (including phenoxy) is 3. The molecule has 0 saturated carbocycles. The number of nitro benzene ring substituents is 1. The molecular weight excluding hydrogens is 416 g/mol. The number of rotatable bonds is 8. The third-order valence-corrected chi connectivity index (χ3v) is 5.58. The number of esters is 1. The van der Waals surface area contributed by atoms with Gasteiger partial charge >= 0.3 is 5.97 Å². The summed E-state index contributed by atoms with van der Waals surface area (Å²) in [4.78, 5) is 38.1. The highest BCUT2D eigenvalue weighted by molar-refractivity contribution is 6.01. The van der Waals surface area contributed by atoms with Gasteiger partial charge in [0.2, 0.25) is 5.78 Å². The molecule has 0 radical (unpaired) electrons. The quantitative estimate of drug-likeness (QED) is 0.262. The third kappa shape index (κ3) is 5.16. The Balaban J connectivity index is 1.72. The van der Waals surface area contributed by atoms with Gasteiger partial charge < -0.3 is 19.1 Å². The van der Waals surface area contributed by atoms with E-state index in [0.29, 0.717) is 23.1 Å². The Kier molecular flexibility index (Phi) is 7.29. The minimum atomic E-state index is -0.812. The van der Waals surface area contributed by atoms with Crippen LogP contribution in [-0.2, 0) is 4.74 Å². The Bertz CT molecular complexity index is 1010. The molecule has 0 aliphatic carbocycles. The number of nitrogens with zero attached hydrogens (tertiary/aromatic N) is 2. The number of hydrogen-bond acceptors (Lipinski definition) is 8. The maximum Gasteiger partial charge on any atom is 0.338 e. The summed E-state index contributed by atoms with van der Waals surface area (Å²) in [5, 5.41) is 11.6. The second kappa shape index (κ2) is 10.1. The molecule has 1 aliphatic rings. The first-order valence-corrected chi connectivity index (χ1v) is 10.3. The van der Waals surface area contributed by atoms with Crippen molar-refractivity contribution >= 4 is 23.1 Å². The number of ketones is 1. The van der Waals surface area contributed by atoms with E-state index < -0.39 is 23.3 Å². The minimum Gasteiger partial charge on any atom is -0.497 e. The van der Waals surface area contributed by atoms with E-state index in [1.165, 1.54) is 32.4 Å². The molecule has 0 N–H and O–H groups in total. The molecule has 1 aliphatic heterocycles. The fourth-order valence-corrected chi connectivity index (χ4v) is 3.63. The van der Waals surface area contributed by atoms with Crippen LogP contribution in [0.5, 0.6) is 11.5 Å². The van der Waals surface area contributed by atoms with Gasteiger partial charge in [0, 0.05) is 25.2 Å². The summed E-state index contributed by atoms with van der Waals surface area (Å²) >= 11 is 0. The summed E-state index contributed by atoms with van der Waals surface area (Å²) in [6, 6.07) is 8.93. The monoisotopic (exact) mass is 442 g/mol. The molecule has 1 saturated heterocycles. The summed E-state index contributed by atoms with van der Waals surface area (Å²) in [6.07, 6.45) is 1.91. The smallest absolute Gasteiger partial charge is 0.338 e. The van der Waals surface area contributed by atoms with Gasteiger partial charge in [-0.15, -0.1) is 0 Å². The van der Waals surface area contributed by atoms with Crippen LogP contribution in [0.3, 0.4) is 0 Å². The number of benzene rings is 2. The maximum atomic E-state index is 12.5. The zero-order valence-corrected chi connectivity index (χ0v) is 18.3. The molecule has 32 heavy (non-hydrogen) atoms. The van der Waals surface area contributed by atoms with Crippen LogP contribution in [0, 0.1) is 16.0 Å². The van der Waals surface area contributed by atoms with Crippen LogP contribution in [0.1, 0.15) is 40.5 Å². The van der Waals surface area contributed by atoms with E-state index >= 15 is 0 Å². The summed E-state index contributed by atoms with van der Waals surface area (Å²) < 4.78 is 15.4. The summed E-state index contributed by atoms with van der Waals surface area (Å²) in [6.45, 7) is 3.09. The summed E-state index contributed by atoms with van der Waals surface area (Å²) in [5.41, 5.74) is 0.580. The predicted octanol–water partition coefficient (Wildman–Crippen LogP) is 3.89. The van der Waals surface area contributed by atoms with E-state index in [4.69, 9.17) is 14.2 Å². The second-order valence-electron chi connectivity index (χ2n) is 7.70. The third-order valence-electron chi connectivity index (χ3n) is 5.58. The molecule has 0 aromatic heterocycles. The van der Waals surface area contributed by atoms with E-state index in [-0.39, 0.29) is 16.8 Å². The Morgan fingerprint density at radius 3 is 2.44 bits per heavy atom. The maximum absolute atomic E-state index is 12.5. The summed E-state index contributed by atoms with van der Waals surface area (Å²) in [7, 11) is 2.91. The minimum absolute atomic E-state index is 0.0142. The van der Waals surface area contributed by atoms with Gasteiger partial charge in [0.15, 0.2) is 6.61 Å². The zero-order chi connectivity index (χ0) is 23.3. The van der Waals surface area contributed by atoms with E-state index in [9.17, 15) is 19.7 Å². The van der Waals surface area contributed by atoms with Gasteiger partial charge in [-0.2, -0.15) is 0 Å². The van der Waals surface area contributed by atoms with Crippen LogP contribution in [-0.4, -0.2) is 50.6 Å². The van der Waals surface area contributed by atoms with Crippen molar-refractivity contribution < 1.29 is 28.7 Å². The van der Waals surface area contributed by atoms with Crippen molar-refractivity contribution in [1.82, 2.24) is 0 Å². The van der Waals surface area contributed by atoms with Crippen LogP contribution in [0.15, 0.2) is 36.4 Å². The van der Waals surface area contributed by atoms with Crippen LogP contribution >= 0.6 is 0 Å². The van der Waals surface area contributed by atoms with E-state index in [1.54, 1.807) is 18.2 Å². The van der Waals surface area contributed by atoms with E-state index in [2.05, 4.69) is 6.92 Å². The van der Waals surface area contributed by atoms with Crippen LogP contribution in [0.4, 0.5) is 11.4 Å². The van der Waals surface area contributed by atoms with Gasteiger partial charge in [-0.05, 0) is 43.0 Å². The Morgan fingerprint density at radius 2 is 1.81 bits per heavy atom. The predicted molar refractivity (Wildman–Crippen MR) is 118 cm³/mol. The lowest BCUT2D eigenvalue weighted by Gasteiger charge is -2.31. The number of Topliss-reactive ketones (excluding diaryl/α,β-unsaturated/α-hetero) is 1. The molecule has 2 aromatic rings. The van der Waals surface area contributed by atoms with Crippen molar-refractivity contribution in [2.75, 3.05) is 38.8 Å². The first-order valence-electron chi connectivity index (χ1n) is 10.3. The second-order valence-corrected chi connectivity index (χ2v) is 7.70. The van der Waals surface area contributed by atoms with Crippen molar-refractivity contribution in [3.8, 4) is 11.5 Å². The number of carbonyl (C=O) groups excluding carboxylic acids is 2. The average molecular weight is 442 g/mol. The number of hydrogen-bond donors (Lipinski definition) is 0. The number of anilines is 1. The highest BCUT2D eigenvalue weighted by Crippen LogP contribution is 2.32. The fourth-order valence-electron chi connectivity index (χ4n) is 3.63. The van der Waals surface area contributed by atoms with Gasteiger partial charge in [-0.1, -0.05) is 6.92 Å². The lowest BCUT2D eigenvalue weighted by atomic mass is 9.98. The van der Waals surface area contributed by atoms with Crippen molar-refractivity contribution in [3.05, 3.63) is 57.6 Å². The van der Waals surface area contributed by atoms with Crippen LogP contribution < -0.4 is 14.4 Å². The van der Waals surface area contributed by atoms with E-state index in [1.807, 2.05) is 4.90 Å². The SMILES string of the molecule is COc1ccc(C(=O)COC(=O)c2ccc(N3CCC(C)CC3)c([N+](=O)[O-])c2)c(OC)c1. The zero-order valence-electron chi connectivity index (χ0n) is 18.3. The molecule has 0 spiro atoms. The number of carbonyl (C=O) groups is 2. The number of methoxy groups -OCH3 is 2. The first-order chi connectivity index (χ1) is 15.3. The topological polar surface area (TPSA) is 108 Å². The highest BCUT2D eigenvalue weighted by Gasteiger charge is 2.25. The highest BCUT2D eigenvalue weighted by atomic mass is 16.6. The Labute approximate surface area is 186 Å². The molecular formula is C23H26N2O7. The van der Waals surface area contributed by atoms with E-state index in [0.717, 1.165) is 25.9 Å². The molecule has 2 aromatic carbocycles. The molecule has 9 heteroatoms. The van der Waals surface area contributed by atoms with Gasteiger partial charge in [-0.3, -0.25) is 14.9 Å². The molecule has 3 rings (SSSR count). The van der Waals surface area contributed by atoms with Gasteiger partial charge in [0.1, 0.15) is 17.2 Å². The molecule has 0 atom stereocenters. The molecule has 9 nitrogen and oxygen atoms in total. The lowest BCUT2D eigenvalue weighted by Crippen LogP contribution is -2.33. The molecule has 0 bridgehead atoms. The Hall–Kier alpha value is -3.62. The molecule has 1 fully saturated rings. The molecule has 170 valence electrons. The average Bonchev–Trinajstić information content (AvgIpc) is 2.81.